The van der Waals surface area contributed by atoms with Gasteiger partial charge in [0.05, 0.1) is 0 Å². The van der Waals surface area contributed by atoms with Gasteiger partial charge in [0, 0.05) is 13.3 Å². The van der Waals surface area contributed by atoms with Crippen LogP contribution in [-0.2, 0) is 9.36 Å². The number of aliphatic hydroxyl groups is 2. The number of unbranched alkanes of at least 4 members (excludes halogenated alkanes) is 12. The average Bonchev–Trinajstić information content (AvgIpc) is 2.59. The molecular formula is C21H43O7P. The minimum Gasteiger partial charge on any atom is -0.360 e. The van der Waals surface area contributed by atoms with E-state index in [2.05, 4.69) is 19.1 Å². The summed E-state index contributed by atoms with van der Waals surface area (Å²) in [7, 11) is -4.64. The van der Waals surface area contributed by atoms with Gasteiger partial charge < -0.3 is 24.9 Å². The molecule has 0 radical (unpaired) electrons. The Balaban J connectivity index is 0. The van der Waals surface area contributed by atoms with Crippen LogP contribution in [0.3, 0.4) is 0 Å². The number of rotatable bonds is 17. The van der Waals surface area contributed by atoms with E-state index in [0.717, 1.165) is 12.8 Å². The molecule has 0 aromatic rings. The van der Waals surface area contributed by atoms with Gasteiger partial charge in [-0.3, -0.25) is 4.79 Å². The molecule has 29 heavy (non-hydrogen) atoms. The molecule has 0 heterocycles. The van der Waals surface area contributed by atoms with Crippen molar-refractivity contribution in [1.29, 1.82) is 0 Å². The summed E-state index contributed by atoms with van der Waals surface area (Å²) in [4.78, 5) is 32.5. The average molecular weight is 439 g/mol. The summed E-state index contributed by atoms with van der Waals surface area (Å²) in [6.45, 7) is 3.48. The van der Waals surface area contributed by atoms with Gasteiger partial charge in [-0.2, -0.15) is 0 Å². The summed E-state index contributed by atoms with van der Waals surface area (Å²) in [6, 6.07) is 0. The highest BCUT2D eigenvalue weighted by Gasteiger charge is 2.27. The zero-order valence-electron chi connectivity index (χ0n) is 18.3. The van der Waals surface area contributed by atoms with E-state index in [1.54, 1.807) is 0 Å². The molecule has 0 spiro atoms. The Bertz CT molecular complexity index is 450. The molecular weight excluding hydrogens is 395 g/mol. The molecule has 0 aliphatic rings. The van der Waals surface area contributed by atoms with E-state index < -0.39 is 19.4 Å². The van der Waals surface area contributed by atoms with Gasteiger partial charge in [-0.15, -0.1) is 0 Å². The SMILES string of the molecule is CCCCCCCC/C=C\CCCCCCCCC(O)(O)C(C)=O.O=P(O)(O)O. The molecule has 0 unspecified atom stereocenters. The first kappa shape index (κ1) is 30.6. The predicted octanol–water partition coefficient (Wildman–Crippen LogP) is 4.76. The molecule has 0 bridgehead atoms. The van der Waals surface area contributed by atoms with Gasteiger partial charge in [0.15, 0.2) is 5.78 Å². The van der Waals surface area contributed by atoms with Crippen molar-refractivity contribution in [2.24, 2.45) is 0 Å². The molecule has 0 fully saturated rings. The fourth-order valence-corrected chi connectivity index (χ4v) is 2.80. The zero-order chi connectivity index (χ0) is 22.6. The third-order valence-electron chi connectivity index (χ3n) is 4.60. The van der Waals surface area contributed by atoms with Crippen LogP contribution in [-0.4, -0.2) is 36.5 Å². The van der Waals surface area contributed by atoms with E-state index in [1.165, 1.54) is 77.6 Å². The molecule has 0 aromatic carbocycles. The third-order valence-corrected chi connectivity index (χ3v) is 4.60. The number of hydrogen-bond donors (Lipinski definition) is 5. The van der Waals surface area contributed by atoms with E-state index in [4.69, 9.17) is 19.2 Å². The van der Waals surface area contributed by atoms with Crippen LogP contribution in [0, 0.1) is 0 Å². The molecule has 0 atom stereocenters. The summed E-state index contributed by atoms with van der Waals surface area (Å²) < 4.78 is 8.88. The lowest BCUT2D eigenvalue weighted by atomic mass is 10.0. The Morgan fingerprint density at radius 1 is 0.759 bits per heavy atom. The Kier molecular flexibility index (Phi) is 20.5. The first-order chi connectivity index (χ1) is 13.5. The standard InChI is InChI=1S/C21H40O3.H3O4P/c1-3-4-5-6-7-8-9-10-11-12-13-14-15-16-17-18-19-21(23,24)20(2)22;1-5(2,3)4/h10-11,23-24H,3-9,12-19H2,1-2H3;(H3,1,2,3,4)/b11-10-;. The lowest BCUT2D eigenvalue weighted by molar-refractivity contribution is -0.183. The lowest BCUT2D eigenvalue weighted by Crippen LogP contribution is -2.36. The van der Waals surface area contributed by atoms with E-state index in [9.17, 15) is 15.0 Å². The molecule has 7 nitrogen and oxygen atoms in total. The monoisotopic (exact) mass is 438 g/mol. The lowest BCUT2D eigenvalue weighted by Gasteiger charge is -2.17. The smallest absolute Gasteiger partial charge is 0.360 e. The van der Waals surface area contributed by atoms with E-state index in [1.807, 2.05) is 0 Å². The van der Waals surface area contributed by atoms with Crippen LogP contribution >= 0.6 is 7.82 Å². The highest BCUT2D eigenvalue weighted by atomic mass is 31.2. The number of ketones is 1. The van der Waals surface area contributed by atoms with Crippen LogP contribution in [0.1, 0.15) is 110 Å². The maximum Gasteiger partial charge on any atom is 0.466 e. The maximum atomic E-state index is 11.0. The fraction of sp³-hybridized carbons (Fsp3) is 0.857. The molecule has 0 amide bonds. The highest BCUT2D eigenvalue weighted by molar-refractivity contribution is 7.45. The van der Waals surface area contributed by atoms with Crippen LogP contribution in [0.25, 0.3) is 0 Å². The Morgan fingerprint density at radius 3 is 1.48 bits per heavy atom. The molecule has 0 saturated carbocycles. The molecule has 174 valence electrons. The number of hydrogen-bond acceptors (Lipinski definition) is 4. The normalized spacial score (nSPS) is 12.1. The van der Waals surface area contributed by atoms with Gasteiger partial charge in [0.1, 0.15) is 0 Å². The van der Waals surface area contributed by atoms with Gasteiger partial charge in [0.25, 0.3) is 0 Å². The Hall–Kier alpha value is -0.560. The molecule has 0 aliphatic carbocycles. The minimum absolute atomic E-state index is 0.156. The minimum atomic E-state index is -4.64. The number of Topliss-reactive ketones (excluding diaryl/α,β-unsaturated/α-hetero) is 1. The van der Waals surface area contributed by atoms with Gasteiger partial charge in [-0.25, -0.2) is 4.57 Å². The van der Waals surface area contributed by atoms with E-state index in [-0.39, 0.29) is 6.42 Å². The van der Waals surface area contributed by atoms with Crippen LogP contribution in [0.2, 0.25) is 0 Å². The van der Waals surface area contributed by atoms with Crippen molar-refractivity contribution in [2.75, 3.05) is 0 Å². The second-order valence-electron chi connectivity index (χ2n) is 7.57. The molecule has 0 aliphatic heterocycles. The Labute approximate surface area is 176 Å². The first-order valence-electron chi connectivity index (χ1n) is 10.9. The fourth-order valence-electron chi connectivity index (χ4n) is 2.80. The number of carbonyl (C=O) groups is 1. The van der Waals surface area contributed by atoms with Crippen molar-refractivity contribution >= 4 is 13.6 Å². The van der Waals surface area contributed by atoms with Crippen LogP contribution < -0.4 is 0 Å². The maximum absolute atomic E-state index is 11.0. The molecule has 5 N–H and O–H groups in total. The summed E-state index contributed by atoms with van der Waals surface area (Å²) in [6.07, 6.45) is 21.8. The largest absolute Gasteiger partial charge is 0.466 e. The van der Waals surface area contributed by atoms with Gasteiger partial charge in [-0.05, 0) is 32.1 Å². The van der Waals surface area contributed by atoms with Crippen molar-refractivity contribution in [1.82, 2.24) is 0 Å². The quantitative estimate of drug-likeness (QED) is 0.0956. The van der Waals surface area contributed by atoms with Crippen LogP contribution in [0.5, 0.6) is 0 Å². The van der Waals surface area contributed by atoms with Gasteiger partial charge in [0.2, 0.25) is 5.79 Å². The highest BCUT2D eigenvalue weighted by Crippen LogP contribution is 2.25. The predicted molar refractivity (Wildman–Crippen MR) is 116 cm³/mol. The first-order valence-corrected chi connectivity index (χ1v) is 12.5. The van der Waals surface area contributed by atoms with Crippen molar-refractivity contribution in [3.63, 3.8) is 0 Å². The summed E-state index contributed by atoms with van der Waals surface area (Å²) >= 11 is 0. The molecule has 0 aromatic heterocycles. The van der Waals surface area contributed by atoms with Crippen molar-refractivity contribution in [2.45, 2.75) is 116 Å². The number of allylic oxidation sites excluding steroid dienone is 2. The number of carbonyl (C=O) groups excluding carboxylic acids is 1. The molecule has 8 heteroatoms. The topological polar surface area (TPSA) is 135 Å². The van der Waals surface area contributed by atoms with Gasteiger partial charge >= 0.3 is 7.82 Å². The summed E-state index contributed by atoms with van der Waals surface area (Å²) in [5.74, 6) is -2.67. The summed E-state index contributed by atoms with van der Waals surface area (Å²) in [5, 5.41) is 18.8. The molecule has 0 saturated heterocycles. The van der Waals surface area contributed by atoms with E-state index >= 15 is 0 Å². The number of phosphoric acid groups is 1. The van der Waals surface area contributed by atoms with E-state index in [0.29, 0.717) is 6.42 Å². The molecule has 0 rings (SSSR count). The zero-order valence-corrected chi connectivity index (χ0v) is 19.2. The van der Waals surface area contributed by atoms with Gasteiger partial charge in [-0.1, -0.05) is 76.9 Å². The Morgan fingerprint density at radius 2 is 1.10 bits per heavy atom. The second-order valence-corrected chi connectivity index (χ2v) is 8.60. The van der Waals surface area contributed by atoms with Crippen LogP contribution in [0.15, 0.2) is 12.2 Å². The third kappa shape index (κ3) is 29.7. The second kappa shape index (κ2) is 19.4. The van der Waals surface area contributed by atoms with Crippen molar-refractivity contribution < 1.29 is 34.3 Å². The van der Waals surface area contributed by atoms with Crippen molar-refractivity contribution in [3.8, 4) is 0 Å². The van der Waals surface area contributed by atoms with Crippen LogP contribution in [0.4, 0.5) is 0 Å². The summed E-state index contributed by atoms with van der Waals surface area (Å²) in [5.41, 5.74) is 0. The van der Waals surface area contributed by atoms with Crippen molar-refractivity contribution in [3.05, 3.63) is 12.2 Å².